The highest BCUT2D eigenvalue weighted by atomic mass is 16.5. The molecule has 0 saturated carbocycles. The predicted molar refractivity (Wildman–Crippen MR) is 59.1 cm³/mol. The lowest BCUT2D eigenvalue weighted by Gasteiger charge is -2.29. The van der Waals surface area contributed by atoms with Gasteiger partial charge in [-0.1, -0.05) is 0 Å². The summed E-state index contributed by atoms with van der Waals surface area (Å²) in [4.78, 5) is 10.5. The van der Waals surface area contributed by atoms with Crippen molar-refractivity contribution in [2.24, 2.45) is 0 Å². The fourth-order valence-corrected chi connectivity index (χ4v) is 2.02. The van der Waals surface area contributed by atoms with Gasteiger partial charge in [-0.15, -0.1) is 0 Å². The third kappa shape index (κ3) is 2.68. The van der Waals surface area contributed by atoms with Crippen LogP contribution in [0.2, 0.25) is 0 Å². The standard InChI is InChI=1S/C11H17N3O2/c1-16-11-10(12-4-5-13-11)8-14-6-2-3-9(15)7-14/h4-5,9,15H,2-3,6-8H2,1H3. The molecule has 1 fully saturated rings. The second-order valence-electron chi connectivity index (χ2n) is 4.04. The van der Waals surface area contributed by atoms with Gasteiger partial charge in [0.25, 0.3) is 0 Å². The van der Waals surface area contributed by atoms with Gasteiger partial charge in [0.15, 0.2) is 0 Å². The Bertz CT molecular complexity index is 346. The molecule has 1 aromatic rings. The topological polar surface area (TPSA) is 58.5 Å². The van der Waals surface area contributed by atoms with Crippen LogP contribution in [0.1, 0.15) is 18.5 Å². The number of aliphatic hydroxyl groups is 1. The first-order valence-corrected chi connectivity index (χ1v) is 5.54. The van der Waals surface area contributed by atoms with Crippen LogP contribution in [0.4, 0.5) is 0 Å². The van der Waals surface area contributed by atoms with Gasteiger partial charge in [0.1, 0.15) is 5.69 Å². The van der Waals surface area contributed by atoms with Crippen LogP contribution in [0.5, 0.6) is 5.88 Å². The molecule has 1 aliphatic rings. The van der Waals surface area contributed by atoms with Crippen LogP contribution in [0.3, 0.4) is 0 Å². The highest BCUT2D eigenvalue weighted by molar-refractivity contribution is 5.16. The highest BCUT2D eigenvalue weighted by Crippen LogP contribution is 2.17. The van der Waals surface area contributed by atoms with Crippen molar-refractivity contribution in [3.63, 3.8) is 0 Å². The fraction of sp³-hybridized carbons (Fsp3) is 0.636. The summed E-state index contributed by atoms with van der Waals surface area (Å²) >= 11 is 0. The minimum atomic E-state index is -0.212. The molecule has 1 aromatic heterocycles. The fourth-order valence-electron chi connectivity index (χ4n) is 2.02. The summed E-state index contributed by atoms with van der Waals surface area (Å²) in [6.45, 7) is 2.39. The van der Waals surface area contributed by atoms with E-state index in [-0.39, 0.29) is 6.10 Å². The van der Waals surface area contributed by atoms with Gasteiger partial charge >= 0.3 is 0 Å². The van der Waals surface area contributed by atoms with Gasteiger partial charge in [-0.3, -0.25) is 9.88 Å². The normalized spacial score (nSPS) is 22.0. The zero-order chi connectivity index (χ0) is 11.4. The maximum absolute atomic E-state index is 9.58. The first-order valence-electron chi connectivity index (χ1n) is 5.54. The Labute approximate surface area is 95.1 Å². The minimum absolute atomic E-state index is 0.212. The van der Waals surface area contributed by atoms with Crippen molar-refractivity contribution in [1.82, 2.24) is 14.9 Å². The van der Waals surface area contributed by atoms with Gasteiger partial charge in [0, 0.05) is 25.5 Å². The van der Waals surface area contributed by atoms with Crippen LogP contribution in [0.15, 0.2) is 12.4 Å². The van der Waals surface area contributed by atoms with Crippen molar-refractivity contribution in [2.45, 2.75) is 25.5 Å². The van der Waals surface area contributed by atoms with Crippen LogP contribution < -0.4 is 4.74 Å². The van der Waals surface area contributed by atoms with E-state index in [1.165, 1.54) is 0 Å². The monoisotopic (exact) mass is 223 g/mol. The Kier molecular flexibility index (Phi) is 3.69. The molecule has 5 heteroatoms. The van der Waals surface area contributed by atoms with Crippen LogP contribution in [-0.4, -0.2) is 46.3 Å². The molecule has 1 aliphatic heterocycles. The van der Waals surface area contributed by atoms with Crippen molar-refractivity contribution in [3.05, 3.63) is 18.1 Å². The number of β-amino-alcohol motifs (C(OH)–C–C–N with tert-alkyl or cyclic N) is 1. The molecule has 0 aliphatic carbocycles. The summed E-state index contributed by atoms with van der Waals surface area (Å²) in [5.41, 5.74) is 0.833. The van der Waals surface area contributed by atoms with Crippen molar-refractivity contribution in [3.8, 4) is 5.88 Å². The molecule has 0 amide bonds. The number of aromatic nitrogens is 2. The van der Waals surface area contributed by atoms with Crippen LogP contribution in [0, 0.1) is 0 Å². The number of nitrogens with zero attached hydrogens (tertiary/aromatic N) is 3. The number of likely N-dealkylation sites (tertiary alicyclic amines) is 1. The van der Waals surface area contributed by atoms with E-state index in [0.29, 0.717) is 19.0 Å². The van der Waals surface area contributed by atoms with E-state index in [2.05, 4.69) is 14.9 Å². The molecule has 0 bridgehead atoms. The number of ether oxygens (including phenoxy) is 1. The molecule has 1 saturated heterocycles. The smallest absolute Gasteiger partial charge is 0.236 e. The van der Waals surface area contributed by atoms with E-state index in [0.717, 1.165) is 25.1 Å². The lowest BCUT2D eigenvalue weighted by atomic mass is 10.1. The molecule has 88 valence electrons. The Morgan fingerprint density at radius 3 is 3.06 bits per heavy atom. The maximum Gasteiger partial charge on any atom is 0.236 e. The first kappa shape index (κ1) is 11.3. The summed E-state index contributed by atoms with van der Waals surface area (Å²) in [6.07, 6.45) is 5.00. The molecule has 2 rings (SSSR count). The van der Waals surface area contributed by atoms with E-state index in [1.807, 2.05) is 0 Å². The van der Waals surface area contributed by atoms with Gasteiger partial charge in [-0.05, 0) is 19.4 Å². The number of rotatable bonds is 3. The average molecular weight is 223 g/mol. The van der Waals surface area contributed by atoms with Crippen molar-refractivity contribution >= 4 is 0 Å². The van der Waals surface area contributed by atoms with Gasteiger partial charge in [-0.2, -0.15) is 0 Å². The van der Waals surface area contributed by atoms with Gasteiger partial charge in [-0.25, -0.2) is 4.98 Å². The summed E-state index contributed by atoms with van der Waals surface area (Å²) < 4.78 is 5.15. The Morgan fingerprint density at radius 2 is 2.31 bits per heavy atom. The quantitative estimate of drug-likeness (QED) is 0.806. The van der Waals surface area contributed by atoms with Crippen molar-refractivity contribution in [1.29, 1.82) is 0 Å². The second kappa shape index (κ2) is 5.23. The number of piperidine rings is 1. The van der Waals surface area contributed by atoms with Crippen LogP contribution in [0.25, 0.3) is 0 Å². The lowest BCUT2D eigenvalue weighted by molar-refractivity contribution is 0.0656. The van der Waals surface area contributed by atoms with E-state index >= 15 is 0 Å². The Morgan fingerprint density at radius 1 is 1.50 bits per heavy atom. The largest absolute Gasteiger partial charge is 0.480 e. The third-order valence-electron chi connectivity index (χ3n) is 2.78. The van der Waals surface area contributed by atoms with E-state index < -0.39 is 0 Å². The second-order valence-corrected chi connectivity index (χ2v) is 4.04. The SMILES string of the molecule is COc1nccnc1CN1CCCC(O)C1. The van der Waals surface area contributed by atoms with Gasteiger partial charge in [0.2, 0.25) is 5.88 Å². The molecular formula is C11H17N3O2. The molecule has 0 aromatic carbocycles. The van der Waals surface area contributed by atoms with Gasteiger partial charge < -0.3 is 9.84 Å². The molecule has 1 unspecified atom stereocenters. The summed E-state index contributed by atoms with van der Waals surface area (Å²) in [5, 5.41) is 9.58. The maximum atomic E-state index is 9.58. The minimum Gasteiger partial charge on any atom is -0.480 e. The number of hydrogen-bond acceptors (Lipinski definition) is 5. The molecule has 1 N–H and O–H groups in total. The number of aliphatic hydroxyl groups excluding tert-OH is 1. The first-order chi connectivity index (χ1) is 7.79. The molecule has 1 atom stereocenters. The summed E-state index contributed by atoms with van der Waals surface area (Å²) in [7, 11) is 1.60. The summed E-state index contributed by atoms with van der Waals surface area (Å²) in [5.74, 6) is 0.572. The molecule has 2 heterocycles. The van der Waals surface area contributed by atoms with E-state index in [1.54, 1.807) is 19.5 Å². The summed E-state index contributed by atoms with van der Waals surface area (Å²) in [6, 6.07) is 0. The average Bonchev–Trinajstić information content (AvgIpc) is 2.30. The molecular weight excluding hydrogens is 206 g/mol. The molecule has 5 nitrogen and oxygen atoms in total. The predicted octanol–water partition coefficient (Wildman–Crippen LogP) is 0.442. The van der Waals surface area contributed by atoms with E-state index in [4.69, 9.17) is 4.74 Å². The molecule has 0 spiro atoms. The molecule has 16 heavy (non-hydrogen) atoms. The van der Waals surface area contributed by atoms with Crippen LogP contribution >= 0.6 is 0 Å². The van der Waals surface area contributed by atoms with Crippen LogP contribution in [-0.2, 0) is 6.54 Å². The highest BCUT2D eigenvalue weighted by Gasteiger charge is 2.19. The molecule has 0 radical (unpaired) electrons. The number of hydrogen-bond donors (Lipinski definition) is 1. The Balaban J connectivity index is 2.02. The lowest BCUT2D eigenvalue weighted by Crippen LogP contribution is -2.37. The number of methoxy groups -OCH3 is 1. The third-order valence-corrected chi connectivity index (χ3v) is 2.78. The zero-order valence-corrected chi connectivity index (χ0v) is 9.46. The van der Waals surface area contributed by atoms with Crippen molar-refractivity contribution < 1.29 is 9.84 Å². The van der Waals surface area contributed by atoms with Crippen molar-refractivity contribution in [2.75, 3.05) is 20.2 Å². The zero-order valence-electron chi connectivity index (χ0n) is 9.46. The Hall–Kier alpha value is -1.20. The van der Waals surface area contributed by atoms with E-state index in [9.17, 15) is 5.11 Å². The van der Waals surface area contributed by atoms with Gasteiger partial charge in [0.05, 0.1) is 13.2 Å².